The highest BCUT2D eigenvalue weighted by Crippen LogP contribution is 2.24. The van der Waals surface area contributed by atoms with Gasteiger partial charge in [-0.25, -0.2) is 0 Å². The summed E-state index contributed by atoms with van der Waals surface area (Å²) in [6, 6.07) is 0. The molecule has 0 saturated carbocycles. The normalized spacial score (nSPS) is 17.1. The lowest BCUT2D eigenvalue weighted by molar-refractivity contribution is 0.586. The molecule has 0 bridgehead atoms. The minimum absolute atomic E-state index is 0.957. The Kier molecular flexibility index (Phi) is 2.95. The number of piperazine rings is 1. The lowest BCUT2D eigenvalue weighted by Crippen LogP contribution is -2.43. The molecule has 4 heteroatoms. The van der Waals surface area contributed by atoms with Gasteiger partial charge in [0.2, 0.25) is 0 Å². The third-order valence-electron chi connectivity index (χ3n) is 3.08. The van der Waals surface area contributed by atoms with Crippen LogP contribution in [0.2, 0.25) is 0 Å². The molecule has 0 spiro atoms. The predicted octanol–water partition coefficient (Wildman–Crippen LogP) is 0.929. The van der Waals surface area contributed by atoms with Gasteiger partial charge in [0.15, 0.2) is 0 Å². The van der Waals surface area contributed by atoms with Gasteiger partial charge in [-0.05, 0) is 20.8 Å². The van der Waals surface area contributed by atoms with E-state index >= 15 is 0 Å². The van der Waals surface area contributed by atoms with E-state index in [9.17, 15) is 0 Å². The zero-order valence-corrected chi connectivity index (χ0v) is 9.88. The first-order chi connectivity index (χ1) is 7.24. The Morgan fingerprint density at radius 3 is 2.47 bits per heavy atom. The van der Waals surface area contributed by atoms with E-state index in [4.69, 9.17) is 0 Å². The standard InChI is InChI=1S/C11H20N4/c1-4-15-10(3)11(9(2)13-15)14-7-5-12-6-8-14/h12H,4-8H2,1-3H3. The molecular formula is C11H20N4. The van der Waals surface area contributed by atoms with Gasteiger partial charge in [-0.3, -0.25) is 4.68 Å². The van der Waals surface area contributed by atoms with E-state index in [1.54, 1.807) is 0 Å². The molecule has 2 heterocycles. The predicted molar refractivity (Wildman–Crippen MR) is 62.5 cm³/mol. The van der Waals surface area contributed by atoms with Crippen LogP contribution in [0.5, 0.6) is 0 Å². The Labute approximate surface area is 91.3 Å². The van der Waals surface area contributed by atoms with Crippen LogP contribution in [0.1, 0.15) is 18.3 Å². The second-order valence-corrected chi connectivity index (χ2v) is 4.07. The van der Waals surface area contributed by atoms with Crippen LogP contribution >= 0.6 is 0 Å². The second-order valence-electron chi connectivity index (χ2n) is 4.07. The smallest absolute Gasteiger partial charge is 0.0830 e. The van der Waals surface area contributed by atoms with Crippen molar-refractivity contribution in [3.63, 3.8) is 0 Å². The number of aromatic nitrogens is 2. The van der Waals surface area contributed by atoms with Crippen molar-refractivity contribution >= 4 is 5.69 Å². The quantitative estimate of drug-likeness (QED) is 0.785. The Hall–Kier alpha value is -1.03. The van der Waals surface area contributed by atoms with Gasteiger partial charge in [-0.2, -0.15) is 5.10 Å². The van der Waals surface area contributed by atoms with Crippen molar-refractivity contribution in [2.45, 2.75) is 27.3 Å². The first-order valence-electron chi connectivity index (χ1n) is 5.73. The van der Waals surface area contributed by atoms with Crippen LogP contribution in [-0.2, 0) is 6.54 Å². The van der Waals surface area contributed by atoms with Crippen molar-refractivity contribution in [2.75, 3.05) is 31.1 Å². The van der Waals surface area contributed by atoms with Crippen LogP contribution in [0.25, 0.3) is 0 Å². The number of rotatable bonds is 2. The molecule has 0 unspecified atom stereocenters. The molecule has 1 N–H and O–H groups in total. The van der Waals surface area contributed by atoms with Gasteiger partial charge in [-0.15, -0.1) is 0 Å². The Balaban J connectivity index is 2.29. The molecule has 0 amide bonds. The molecule has 1 aromatic rings. The molecule has 0 radical (unpaired) electrons. The Morgan fingerprint density at radius 1 is 1.27 bits per heavy atom. The van der Waals surface area contributed by atoms with Crippen LogP contribution in [0.15, 0.2) is 0 Å². The number of anilines is 1. The Morgan fingerprint density at radius 2 is 1.93 bits per heavy atom. The van der Waals surface area contributed by atoms with Gasteiger partial charge in [0, 0.05) is 32.7 Å². The SMILES string of the molecule is CCn1nc(C)c(N2CCNCC2)c1C. The molecule has 1 aromatic heterocycles. The van der Waals surface area contributed by atoms with E-state index in [0.717, 1.165) is 38.4 Å². The lowest BCUT2D eigenvalue weighted by Gasteiger charge is -2.29. The van der Waals surface area contributed by atoms with Crippen molar-refractivity contribution in [1.82, 2.24) is 15.1 Å². The van der Waals surface area contributed by atoms with Gasteiger partial charge in [0.05, 0.1) is 17.1 Å². The summed E-state index contributed by atoms with van der Waals surface area (Å²) in [5.74, 6) is 0. The van der Waals surface area contributed by atoms with Crippen LogP contribution in [-0.4, -0.2) is 36.0 Å². The molecule has 1 saturated heterocycles. The minimum atomic E-state index is 0.957. The van der Waals surface area contributed by atoms with Crippen molar-refractivity contribution in [3.05, 3.63) is 11.4 Å². The first kappa shape index (κ1) is 10.5. The summed E-state index contributed by atoms with van der Waals surface area (Å²) >= 11 is 0. The molecular weight excluding hydrogens is 188 g/mol. The minimum Gasteiger partial charge on any atom is -0.366 e. The summed E-state index contributed by atoms with van der Waals surface area (Å²) in [6.07, 6.45) is 0. The van der Waals surface area contributed by atoms with Crippen LogP contribution in [0.4, 0.5) is 5.69 Å². The maximum atomic E-state index is 4.56. The maximum Gasteiger partial charge on any atom is 0.0830 e. The fourth-order valence-electron chi connectivity index (χ4n) is 2.34. The van der Waals surface area contributed by atoms with E-state index in [0.29, 0.717) is 0 Å². The van der Waals surface area contributed by atoms with Gasteiger partial charge in [0.1, 0.15) is 0 Å². The van der Waals surface area contributed by atoms with Crippen molar-refractivity contribution in [1.29, 1.82) is 0 Å². The highest BCUT2D eigenvalue weighted by Gasteiger charge is 2.18. The largest absolute Gasteiger partial charge is 0.366 e. The molecule has 1 aliphatic heterocycles. The molecule has 1 fully saturated rings. The van der Waals surface area contributed by atoms with E-state index in [2.05, 4.69) is 40.8 Å². The first-order valence-corrected chi connectivity index (χ1v) is 5.73. The maximum absolute atomic E-state index is 4.56. The average Bonchev–Trinajstić information content (AvgIpc) is 2.55. The summed E-state index contributed by atoms with van der Waals surface area (Å²) in [6.45, 7) is 11.7. The molecule has 4 nitrogen and oxygen atoms in total. The van der Waals surface area contributed by atoms with Crippen LogP contribution in [0, 0.1) is 13.8 Å². The van der Waals surface area contributed by atoms with E-state index in [1.807, 2.05) is 0 Å². The number of hydrogen-bond acceptors (Lipinski definition) is 3. The zero-order chi connectivity index (χ0) is 10.8. The van der Waals surface area contributed by atoms with Crippen LogP contribution < -0.4 is 10.2 Å². The molecule has 84 valence electrons. The van der Waals surface area contributed by atoms with Gasteiger partial charge in [0.25, 0.3) is 0 Å². The average molecular weight is 208 g/mol. The fraction of sp³-hybridized carbons (Fsp3) is 0.727. The topological polar surface area (TPSA) is 33.1 Å². The summed E-state index contributed by atoms with van der Waals surface area (Å²) in [4.78, 5) is 2.44. The van der Waals surface area contributed by atoms with Gasteiger partial charge in [-0.1, -0.05) is 0 Å². The fourth-order valence-corrected chi connectivity index (χ4v) is 2.34. The highest BCUT2D eigenvalue weighted by molar-refractivity contribution is 5.55. The summed E-state index contributed by atoms with van der Waals surface area (Å²) in [5, 5.41) is 7.93. The third kappa shape index (κ3) is 1.86. The monoisotopic (exact) mass is 208 g/mol. The Bertz CT molecular complexity index is 337. The molecule has 0 aromatic carbocycles. The number of hydrogen-bond donors (Lipinski definition) is 1. The molecule has 2 rings (SSSR count). The molecule has 0 aliphatic carbocycles. The summed E-state index contributed by atoms with van der Waals surface area (Å²) in [7, 11) is 0. The van der Waals surface area contributed by atoms with Crippen molar-refractivity contribution in [3.8, 4) is 0 Å². The molecule has 0 atom stereocenters. The number of aryl methyl sites for hydroxylation is 2. The molecule has 1 aliphatic rings. The third-order valence-corrected chi connectivity index (χ3v) is 3.08. The van der Waals surface area contributed by atoms with Crippen LogP contribution in [0.3, 0.4) is 0 Å². The van der Waals surface area contributed by atoms with Gasteiger partial charge < -0.3 is 10.2 Å². The van der Waals surface area contributed by atoms with E-state index < -0.39 is 0 Å². The van der Waals surface area contributed by atoms with E-state index in [-0.39, 0.29) is 0 Å². The summed E-state index contributed by atoms with van der Waals surface area (Å²) < 4.78 is 2.09. The zero-order valence-electron chi connectivity index (χ0n) is 9.88. The highest BCUT2D eigenvalue weighted by atomic mass is 15.3. The lowest BCUT2D eigenvalue weighted by atomic mass is 10.2. The van der Waals surface area contributed by atoms with Gasteiger partial charge >= 0.3 is 0 Å². The number of nitrogens with zero attached hydrogens (tertiary/aromatic N) is 3. The number of nitrogens with one attached hydrogen (secondary N) is 1. The molecule has 15 heavy (non-hydrogen) atoms. The van der Waals surface area contributed by atoms with E-state index in [1.165, 1.54) is 11.4 Å². The summed E-state index contributed by atoms with van der Waals surface area (Å²) in [5.41, 5.74) is 3.81. The van der Waals surface area contributed by atoms with Crippen molar-refractivity contribution in [2.24, 2.45) is 0 Å². The van der Waals surface area contributed by atoms with Crippen molar-refractivity contribution < 1.29 is 0 Å². The second kappa shape index (κ2) is 4.23.